The van der Waals surface area contributed by atoms with E-state index in [9.17, 15) is 19.2 Å². The van der Waals surface area contributed by atoms with Crippen LogP contribution < -0.4 is 11.1 Å². The number of nitrogens with two attached hydrogens (primary N) is 1. The number of allylic oxidation sites excluding steroid dienone is 2. The van der Waals surface area contributed by atoms with Crippen LogP contribution in [0, 0.1) is 5.92 Å². The van der Waals surface area contributed by atoms with Gasteiger partial charge in [0.15, 0.2) is 10.8 Å². The molecule has 1 aromatic rings. The largest absolute Gasteiger partial charge is 0.426 e. The van der Waals surface area contributed by atoms with Gasteiger partial charge in [0.05, 0.1) is 0 Å². The van der Waals surface area contributed by atoms with E-state index in [1.165, 1.54) is 30.5 Å². The first kappa shape index (κ1) is 26.7. The Morgan fingerprint density at radius 1 is 1.35 bits per heavy atom. The van der Waals surface area contributed by atoms with E-state index in [0.717, 1.165) is 24.2 Å². The molecule has 1 aliphatic carbocycles. The van der Waals surface area contributed by atoms with Gasteiger partial charge in [-0.25, -0.2) is 9.78 Å². The minimum Gasteiger partial charge on any atom is -0.426 e. The maximum Gasteiger partial charge on any atom is 0.358 e. The molecule has 14 heteroatoms. The SMILES string of the molecule is CC=CC1=C(C(=O)OC(C)OC(C)=O)N2C(=O)[C@@H](NC(=O)C(=NOCC3CC3)c3csc(N)n3)[C@@H]2SC1. The molecule has 1 aromatic heterocycles. The first-order valence-corrected chi connectivity index (χ1v) is 13.5. The van der Waals surface area contributed by atoms with E-state index in [1.807, 2.05) is 0 Å². The van der Waals surface area contributed by atoms with Crippen LogP contribution in [-0.4, -0.2) is 69.4 Å². The summed E-state index contributed by atoms with van der Waals surface area (Å²) < 4.78 is 10.1. The number of nitrogens with zero attached hydrogens (tertiary/aromatic N) is 3. The summed E-state index contributed by atoms with van der Waals surface area (Å²) in [4.78, 5) is 61.3. The van der Waals surface area contributed by atoms with E-state index in [4.69, 9.17) is 20.0 Å². The van der Waals surface area contributed by atoms with Crippen molar-refractivity contribution in [2.24, 2.45) is 11.1 Å². The van der Waals surface area contributed by atoms with Crippen LogP contribution in [0.3, 0.4) is 0 Å². The van der Waals surface area contributed by atoms with Crippen LogP contribution in [0.15, 0.2) is 34.0 Å². The number of β-lactam (4-membered cyclic amide) rings is 1. The van der Waals surface area contributed by atoms with Gasteiger partial charge in [-0.1, -0.05) is 17.3 Å². The van der Waals surface area contributed by atoms with Crippen LogP contribution in [0.1, 0.15) is 39.3 Å². The summed E-state index contributed by atoms with van der Waals surface area (Å²) in [7, 11) is 0. The summed E-state index contributed by atoms with van der Waals surface area (Å²) in [5, 5.41) is 7.99. The third-order valence-corrected chi connectivity index (χ3v) is 7.57. The second kappa shape index (κ2) is 11.3. The van der Waals surface area contributed by atoms with Crippen molar-refractivity contribution < 1.29 is 33.5 Å². The topological polar surface area (TPSA) is 163 Å². The predicted molar refractivity (Wildman–Crippen MR) is 136 cm³/mol. The van der Waals surface area contributed by atoms with Crippen molar-refractivity contribution in [1.29, 1.82) is 0 Å². The molecule has 0 bridgehead atoms. The molecule has 2 aliphatic heterocycles. The second-order valence-corrected chi connectivity index (χ2v) is 10.6. The average Bonchev–Trinajstić information content (AvgIpc) is 3.57. The molecule has 198 valence electrons. The zero-order valence-corrected chi connectivity index (χ0v) is 22.1. The number of nitrogen functional groups attached to an aromatic ring is 1. The van der Waals surface area contributed by atoms with E-state index in [-0.39, 0.29) is 22.2 Å². The highest BCUT2D eigenvalue weighted by atomic mass is 32.2. The molecule has 3 aliphatic rings. The molecule has 1 saturated carbocycles. The minimum absolute atomic E-state index is 0.0466. The van der Waals surface area contributed by atoms with Gasteiger partial charge in [-0.05, 0) is 31.3 Å². The van der Waals surface area contributed by atoms with Gasteiger partial charge < -0.3 is 25.4 Å². The summed E-state index contributed by atoms with van der Waals surface area (Å²) in [6.45, 7) is 4.78. The summed E-state index contributed by atoms with van der Waals surface area (Å²) in [6.07, 6.45) is 4.43. The van der Waals surface area contributed by atoms with E-state index >= 15 is 0 Å². The van der Waals surface area contributed by atoms with Crippen molar-refractivity contribution in [3.05, 3.63) is 34.5 Å². The quantitative estimate of drug-likeness (QED) is 0.144. The van der Waals surface area contributed by atoms with Crippen molar-refractivity contribution in [3.8, 4) is 0 Å². The predicted octanol–water partition coefficient (Wildman–Crippen LogP) is 1.54. The smallest absolute Gasteiger partial charge is 0.358 e. The van der Waals surface area contributed by atoms with Crippen molar-refractivity contribution in [2.45, 2.75) is 51.3 Å². The third kappa shape index (κ3) is 6.13. The molecule has 2 fully saturated rings. The van der Waals surface area contributed by atoms with E-state index in [0.29, 0.717) is 23.9 Å². The Balaban J connectivity index is 1.50. The van der Waals surface area contributed by atoms with Crippen LogP contribution in [-0.2, 0) is 33.5 Å². The fourth-order valence-corrected chi connectivity index (χ4v) is 5.59. The molecule has 4 rings (SSSR count). The number of carbonyl (C=O) groups is 4. The van der Waals surface area contributed by atoms with Gasteiger partial charge in [-0.3, -0.25) is 19.3 Å². The zero-order chi connectivity index (χ0) is 26.7. The number of rotatable bonds is 10. The normalized spacial score (nSPS) is 22.3. The fourth-order valence-electron chi connectivity index (χ4n) is 3.73. The van der Waals surface area contributed by atoms with Crippen LogP contribution >= 0.6 is 23.1 Å². The molecular weight excluding hydrogens is 522 g/mol. The monoisotopic (exact) mass is 549 g/mol. The van der Waals surface area contributed by atoms with E-state index in [2.05, 4.69) is 15.5 Å². The van der Waals surface area contributed by atoms with Gasteiger partial charge in [-0.2, -0.15) is 0 Å². The van der Waals surface area contributed by atoms with Gasteiger partial charge in [0, 0.05) is 25.0 Å². The Morgan fingerprint density at radius 3 is 2.73 bits per heavy atom. The van der Waals surface area contributed by atoms with Gasteiger partial charge in [0.25, 0.3) is 11.8 Å². The number of fused-ring (bicyclic) bond motifs is 1. The highest BCUT2D eigenvalue weighted by Gasteiger charge is 2.54. The summed E-state index contributed by atoms with van der Waals surface area (Å²) in [5.41, 5.74) is 6.52. The Hall–Kier alpha value is -3.39. The number of thiazole rings is 1. The number of thioether (sulfide) groups is 1. The standard InChI is InChI=1S/C23H27N5O7S2/c1-4-5-14-9-36-21-17(20(31)28(21)18(14)22(32)35-12(3)34-11(2)29)26-19(30)16(15-10-37-23(24)25-15)27-33-8-13-6-7-13/h4-5,10,12-13,17,21H,6-9H2,1-3H3,(H2,24,25)(H,26,30)/t12?,17-,21+/m1/s1. The molecule has 37 heavy (non-hydrogen) atoms. The molecule has 3 atom stereocenters. The van der Waals surface area contributed by atoms with Crippen molar-refractivity contribution in [2.75, 3.05) is 18.1 Å². The first-order chi connectivity index (χ1) is 17.7. The first-order valence-electron chi connectivity index (χ1n) is 11.6. The average molecular weight is 550 g/mol. The number of amides is 2. The lowest BCUT2D eigenvalue weighted by molar-refractivity contribution is -0.182. The van der Waals surface area contributed by atoms with Crippen molar-refractivity contribution in [3.63, 3.8) is 0 Å². The molecule has 0 radical (unpaired) electrons. The van der Waals surface area contributed by atoms with Crippen molar-refractivity contribution >= 4 is 57.7 Å². The number of carbonyl (C=O) groups excluding carboxylic acids is 4. The molecule has 0 aromatic carbocycles. The van der Waals surface area contributed by atoms with E-state index < -0.39 is 41.5 Å². The second-order valence-electron chi connectivity index (χ2n) is 8.57. The number of nitrogens with one attached hydrogen (secondary N) is 1. The molecule has 3 heterocycles. The molecule has 1 unspecified atom stereocenters. The fraction of sp³-hybridized carbons (Fsp3) is 0.478. The molecule has 0 spiro atoms. The summed E-state index contributed by atoms with van der Waals surface area (Å²) in [5.74, 6) is -1.73. The maximum atomic E-state index is 13.2. The third-order valence-electron chi connectivity index (χ3n) is 5.59. The molecular formula is C23H27N5O7S2. The van der Waals surface area contributed by atoms with Gasteiger partial charge in [0.2, 0.25) is 6.29 Å². The molecule has 12 nitrogen and oxygen atoms in total. The summed E-state index contributed by atoms with van der Waals surface area (Å²) >= 11 is 2.54. The Morgan fingerprint density at radius 2 is 2.11 bits per heavy atom. The van der Waals surface area contributed by atoms with Crippen molar-refractivity contribution in [1.82, 2.24) is 15.2 Å². The number of hydrogen-bond donors (Lipinski definition) is 2. The minimum atomic E-state index is -1.13. The number of esters is 2. The van der Waals surface area contributed by atoms with Crippen LogP contribution in [0.5, 0.6) is 0 Å². The highest BCUT2D eigenvalue weighted by Crippen LogP contribution is 2.41. The van der Waals surface area contributed by atoms with Crippen LogP contribution in [0.2, 0.25) is 0 Å². The lowest BCUT2D eigenvalue weighted by atomic mass is 10.0. The Kier molecular flexibility index (Phi) is 8.17. The lowest BCUT2D eigenvalue weighted by Gasteiger charge is -2.49. The number of ether oxygens (including phenoxy) is 2. The number of hydrogen-bond acceptors (Lipinski definition) is 12. The summed E-state index contributed by atoms with van der Waals surface area (Å²) in [6, 6.07) is -0.914. The highest BCUT2D eigenvalue weighted by molar-refractivity contribution is 8.00. The van der Waals surface area contributed by atoms with Crippen LogP contribution in [0.25, 0.3) is 0 Å². The molecule has 1 saturated heterocycles. The molecule has 3 N–H and O–H groups in total. The lowest BCUT2D eigenvalue weighted by Crippen LogP contribution is -2.71. The van der Waals surface area contributed by atoms with Gasteiger partial charge in [-0.15, -0.1) is 23.1 Å². The number of oxime groups is 1. The van der Waals surface area contributed by atoms with Gasteiger partial charge in [0.1, 0.15) is 29.4 Å². The van der Waals surface area contributed by atoms with Crippen LogP contribution in [0.4, 0.5) is 5.13 Å². The Labute approximate surface area is 221 Å². The molecule has 2 amide bonds. The van der Waals surface area contributed by atoms with E-state index in [1.54, 1.807) is 24.5 Å². The van der Waals surface area contributed by atoms with Gasteiger partial charge >= 0.3 is 11.9 Å². The Bertz CT molecular complexity index is 1190. The number of aromatic nitrogens is 1. The maximum absolute atomic E-state index is 13.2. The zero-order valence-electron chi connectivity index (χ0n) is 20.5. The number of anilines is 1.